The molecule has 3 atom stereocenters. The average Bonchev–Trinajstić information content (AvgIpc) is 2.85. The molecule has 0 aromatic carbocycles. The Bertz CT molecular complexity index is 792. The van der Waals surface area contributed by atoms with Crippen LogP contribution < -0.4 is 5.56 Å². The highest BCUT2D eigenvalue weighted by Gasteiger charge is 2.51. The van der Waals surface area contributed by atoms with E-state index in [-0.39, 0.29) is 18.1 Å². The summed E-state index contributed by atoms with van der Waals surface area (Å²) in [5.41, 5.74) is 0.101. The first-order valence-corrected chi connectivity index (χ1v) is 7.93. The van der Waals surface area contributed by atoms with E-state index in [0.29, 0.717) is 16.8 Å². The number of aromatic amines is 2. The van der Waals surface area contributed by atoms with E-state index in [1.807, 2.05) is 0 Å². The molecule has 0 aliphatic heterocycles. The van der Waals surface area contributed by atoms with Crippen molar-refractivity contribution in [3.8, 4) is 0 Å². The predicted molar refractivity (Wildman–Crippen MR) is 86.5 cm³/mol. The lowest BCUT2D eigenvalue weighted by molar-refractivity contribution is -0.163. The first-order chi connectivity index (χ1) is 11.3. The number of hydrogen-bond acceptors (Lipinski definition) is 5. The molecule has 0 saturated carbocycles. The van der Waals surface area contributed by atoms with Crippen LogP contribution in [0.2, 0.25) is 0 Å². The molecule has 0 saturated heterocycles. The van der Waals surface area contributed by atoms with Crippen molar-refractivity contribution in [1.29, 1.82) is 0 Å². The van der Waals surface area contributed by atoms with Gasteiger partial charge in [0.1, 0.15) is 0 Å². The zero-order valence-electron chi connectivity index (χ0n) is 13.9. The smallest absolute Gasteiger partial charge is 0.313 e. The Labute approximate surface area is 139 Å². The maximum atomic E-state index is 12.7. The fraction of sp³-hybridized carbons (Fsp3) is 0.471. The maximum absolute atomic E-state index is 12.7. The molecule has 0 radical (unpaired) electrons. The van der Waals surface area contributed by atoms with Crippen molar-refractivity contribution in [2.45, 2.75) is 44.8 Å². The van der Waals surface area contributed by atoms with Crippen molar-refractivity contribution in [3.05, 3.63) is 51.7 Å². The molecule has 7 nitrogen and oxygen atoms in total. The van der Waals surface area contributed by atoms with E-state index >= 15 is 0 Å². The normalized spacial score (nSPS) is 26.2. The van der Waals surface area contributed by atoms with Crippen LogP contribution in [0.1, 0.15) is 43.5 Å². The number of aromatic nitrogens is 3. The molecule has 1 aliphatic carbocycles. The van der Waals surface area contributed by atoms with Gasteiger partial charge in [0.2, 0.25) is 0 Å². The number of carbonyl (C=O) groups is 1. The molecule has 0 unspecified atom stereocenters. The zero-order chi connectivity index (χ0) is 17.5. The van der Waals surface area contributed by atoms with Crippen molar-refractivity contribution in [2.24, 2.45) is 5.92 Å². The van der Waals surface area contributed by atoms with Crippen LogP contribution in [-0.4, -0.2) is 38.0 Å². The number of esters is 1. The summed E-state index contributed by atoms with van der Waals surface area (Å²) in [6.45, 7) is 5.10. The number of hydrogen-bond donors (Lipinski definition) is 3. The van der Waals surface area contributed by atoms with E-state index in [1.165, 1.54) is 0 Å². The van der Waals surface area contributed by atoms with Gasteiger partial charge in [-0.15, -0.1) is 0 Å². The van der Waals surface area contributed by atoms with Crippen molar-refractivity contribution >= 4 is 5.97 Å². The fourth-order valence-electron chi connectivity index (χ4n) is 3.48. The Kier molecular flexibility index (Phi) is 4.04. The van der Waals surface area contributed by atoms with Gasteiger partial charge in [0.25, 0.3) is 5.56 Å². The molecule has 3 rings (SSSR count). The van der Waals surface area contributed by atoms with E-state index in [9.17, 15) is 14.7 Å². The number of pyridine rings is 1. The highest BCUT2D eigenvalue weighted by molar-refractivity contribution is 5.77. The number of H-pyrrole nitrogens is 2. The molecule has 0 bridgehead atoms. The first-order valence-electron chi connectivity index (χ1n) is 7.93. The summed E-state index contributed by atoms with van der Waals surface area (Å²) in [7, 11) is 0. The van der Waals surface area contributed by atoms with Crippen molar-refractivity contribution < 1.29 is 14.6 Å². The number of nitrogens with one attached hydrogen (secondary N) is 2. The molecular formula is C17H21N3O4. The number of nitrogens with zero attached hydrogens (tertiary/aromatic N) is 1. The lowest BCUT2D eigenvalue weighted by Gasteiger charge is -2.40. The minimum Gasteiger partial charge on any atom is -0.463 e. The second-order valence-electron chi connectivity index (χ2n) is 6.73. The summed E-state index contributed by atoms with van der Waals surface area (Å²) in [5, 5.41) is 16.3. The Morgan fingerprint density at radius 3 is 2.83 bits per heavy atom. The Hall–Kier alpha value is -2.41. The molecular weight excluding hydrogens is 310 g/mol. The summed E-state index contributed by atoms with van der Waals surface area (Å²) in [6.07, 6.45) is 3.08. The monoisotopic (exact) mass is 331 g/mol. The van der Waals surface area contributed by atoms with Gasteiger partial charge in [-0.05, 0) is 32.4 Å². The second kappa shape index (κ2) is 5.90. The Morgan fingerprint density at radius 2 is 2.21 bits per heavy atom. The minimum absolute atomic E-state index is 0.162. The van der Waals surface area contributed by atoms with Crippen LogP contribution in [0.15, 0.2) is 29.3 Å². The van der Waals surface area contributed by atoms with Crippen molar-refractivity contribution in [3.63, 3.8) is 0 Å². The van der Waals surface area contributed by atoms with Gasteiger partial charge in [-0.2, -0.15) is 0 Å². The molecule has 2 heterocycles. The van der Waals surface area contributed by atoms with E-state index in [4.69, 9.17) is 4.74 Å². The summed E-state index contributed by atoms with van der Waals surface area (Å²) >= 11 is 0. The van der Waals surface area contributed by atoms with Crippen LogP contribution in [-0.2, 0) is 16.0 Å². The van der Waals surface area contributed by atoms with Gasteiger partial charge in [-0.3, -0.25) is 19.7 Å². The third-order valence-corrected chi connectivity index (χ3v) is 4.39. The van der Waals surface area contributed by atoms with Crippen LogP contribution >= 0.6 is 0 Å². The van der Waals surface area contributed by atoms with E-state index in [1.54, 1.807) is 45.3 Å². The molecule has 2 aromatic heterocycles. The predicted octanol–water partition coefficient (Wildman–Crippen LogP) is 1.10. The second-order valence-corrected chi connectivity index (χ2v) is 6.73. The van der Waals surface area contributed by atoms with Gasteiger partial charge in [0.05, 0.1) is 17.6 Å². The lowest BCUT2D eigenvalue weighted by atomic mass is 9.66. The highest BCUT2D eigenvalue weighted by atomic mass is 16.5. The maximum Gasteiger partial charge on any atom is 0.313 e. The molecule has 128 valence electrons. The van der Waals surface area contributed by atoms with E-state index < -0.39 is 23.4 Å². The van der Waals surface area contributed by atoms with E-state index in [0.717, 1.165) is 0 Å². The van der Waals surface area contributed by atoms with Crippen molar-refractivity contribution in [2.75, 3.05) is 0 Å². The Morgan fingerprint density at radius 1 is 1.46 bits per heavy atom. The van der Waals surface area contributed by atoms with Gasteiger partial charge >= 0.3 is 5.97 Å². The van der Waals surface area contributed by atoms with Gasteiger partial charge in [0.15, 0.2) is 0 Å². The quantitative estimate of drug-likeness (QED) is 0.730. The molecule has 0 fully saturated rings. The van der Waals surface area contributed by atoms with Crippen LogP contribution in [0, 0.1) is 5.92 Å². The van der Waals surface area contributed by atoms with Crippen LogP contribution in [0.3, 0.4) is 0 Å². The average molecular weight is 331 g/mol. The van der Waals surface area contributed by atoms with Gasteiger partial charge in [0, 0.05) is 36.0 Å². The molecule has 0 spiro atoms. The first kappa shape index (κ1) is 16.4. The van der Waals surface area contributed by atoms with Crippen LogP contribution in [0.25, 0.3) is 0 Å². The summed E-state index contributed by atoms with van der Waals surface area (Å²) in [5.74, 6) is -2.04. The molecule has 7 heteroatoms. The van der Waals surface area contributed by atoms with Crippen LogP contribution in [0.5, 0.6) is 0 Å². The van der Waals surface area contributed by atoms with Gasteiger partial charge < -0.3 is 14.9 Å². The number of carbonyl (C=O) groups excluding carboxylic acids is 1. The summed E-state index contributed by atoms with van der Waals surface area (Å²) in [4.78, 5) is 29.1. The molecule has 0 amide bonds. The molecule has 1 aliphatic rings. The third kappa shape index (κ3) is 2.75. The van der Waals surface area contributed by atoms with Crippen molar-refractivity contribution in [1.82, 2.24) is 15.2 Å². The number of aliphatic hydroxyl groups is 1. The highest BCUT2D eigenvalue weighted by Crippen LogP contribution is 2.44. The fourth-order valence-corrected chi connectivity index (χ4v) is 3.48. The molecule has 24 heavy (non-hydrogen) atoms. The van der Waals surface area contributed by atoms with Crippen LogP contribution in [0.4, 0.5) is 0 Å². The Balaban J connectivity index is 2.18. The van der Waals surface area contributed by atoms with Gasteiger partial charge in [-0.25, -0.2) is 0 Å². The standard InChI is InChI=1S/C17H21N3O4/c1-9(2)24-16(22)14-12(10-5-4-6-18-8-10)13-11(7-17(14,3)23)19-20-15(13)21/h4-6,8-9,12,14,23H,7H2,1-3H3,(H2,19,20,21)/t12-,14-,17-/m1/s1. The minimum atomic E-state index is -1.36. The number of ether oxygens (including phenoxy) is 1. The molecule has 2 aromatic rings. The topological polar surface area (TPSA) is 108 Å². The summed E-state index contributed by atoms with van der Waals surface area (Å²) < 4.78 is 5.37. The van der Waals surface area contributed by atoms with Gasteiger partial charge in [-0.1, -0.05) is 6.07 Å². The third-order valence-electron chi connectivity index (χ3n) is 4.39. The number of fused-ring (bicyclic) bond motifs is 1. The zero-order valence-corrected chi connectivity index (χ0v) is 13.9. The largest absolute Gasteiger partial charge is 0.463 e. The lowest BCUT2D eigenvalue weighted by Crippen LogP contribution is -2.50. The SMILES string of the molecule is CC(C)OC(=O)[C@H]1[C@H](c2cccnc2)c2c([nH][nH]c2=O)C[C@@]1(C)O. The number of rotatable bonds is 3. The summed E-state index contributed by atoms with van der Waals surface area (Å²) in [6, 6.07) is 3.54. The van der Waals surface area contributed by atoms with E-state index in [2.05, 4.69) is 15.2 Å². The molecule has 3 N–H and O–H groups in total.